The van der Waals surface area contributed by atoms with Crippen molar-refractivity contribution in [2.75, 3.05) is 0 Å². The Labute approximate surface area is 191 Å². The summed E-state index contributed by atoms with van der Waals surface area (Å²) < 4.78 is 6.32. The van der Waals surface area contributed by atoms with E-state index in [-0.39, 0.29) is 5.54 Å². The van der Waals surface area contributed by atoms with Crippen LogP contribution in [-0.2, 0) is 11.3 Å². The Hall–Kier alpha value is -2.07. The van der Waals surface area contributed by atoms with Crippen LogP contribution in [0.25, 0.3) is 10.8 Å². The van der Waals surface area contributed by atoms with E-state index in [2.05, 4.69) is 48.6 Å². The lowest BCUT2D eigenvalue weighted by Crippen LogP contribution is -2.56. The van der Waals surface area contributed by atoms with Crippen molar-refractivity contribution in [3.63, 3.8) is 0 Å². The van der Waals surface area contributed by atoms with Crippen LogP contribution in [0.15, 0.2) is 36.4 Å². The van der Waals surface area contributed by atoms with Crippen molar-refractivity contribution in [3.8, 4) is 5.75 Å². The Morgan fingerprint density at radius 1 is 0.969 bits per heavy atom. The molecule has 0 saturated heterocycles. The number of hydrogen-bond donors (Lipinski definition) is 2. The van der Waals surface area contributed by atoms with Crippen molar-refractivity contribution < 1.29 is 14.6 Å². The Morgan fingerprint density at radius 3 is 2.28 bits per heavy atom. The number of carbonyl (C=O) groups is 1. The molecule has 6 rings (SSSR count). The molecule has 2 bridgehead atoms. The maximum atomic E-state index is 11.7. The predicted molar refractivity (Wildman–Crippen MR) is 128 cm³/mol. The smallest absolute Gasteiger partial charge is 0.309 e. The van der Waals surface area contributed by atoms with Gasteiger partial charge in [0.15, 0.2) is 0 Å². The molecule has 4 saturated carbocycles. The first-order valence-corrected chi connectivity index (χ1v) is 12.7. The fourth-order valence-electron chi connectivity index (χ4n) is 6.37. The van der Waals surface area contributed by atoms with Crippen LogP contribution in [0, 0.1) is 11.3 Å². The number of benzene rings is 2. The molecule has 0 radical (unpaired) electrons. The van der Waals surface area contributed by atoms with Gasteiger partial charge in [-0.2, -0.15) is 0 Å². The standard InChI is InChI=1S/C28H37NO3/c1-2-20-4-8-24(9-5-20)32-25-10-7-22-17-21(3-6-23(22)18-25)19-29-28-14-11-27(12-15-28,13-16-28)26(30)31/h3,6-7,10,17-18,20,24,29H,2,4-5,8-9,11-16,19H2,1H3,(H,30,31). The van der Waals surface area contributed by atoms with Crippen molar-refractivity contribution in [2.45, 2.75) is 95.7 Å². The molecule has 2 N–H and O–H groups in total. The minimum atomic E-state index is -0.586. The number of hydrogen-bond acceptors (Lipinski definition) is 3. The molecule has 0 aliphatic heterocycles. The van der Waals surface area contributed by atoms with E-state index < -0.39 is 11.4 Å². The Balaban J connectivity index is 1.19. The van der Waals surface area contributed by atoms with E-state index in [0.717, 1.165) is 56.7 Å². The Bertz CT molecular complexity index is 951. The first kappa shape index (κ1) is 21.8. The predicted octanol–water partition coefficient (Wildman–Crippen LogP) is 6.45. The third-order valence-corrected chi connectivity index (χ3v) is 8.92. The van der Waals surface area contributed by atoms with Crippen LogP contribution in [-0.4, -0.2) is 22.7 Å². The third-order valence-electron chi connectivity index (χ3n) is 8.92. The van der Waals surface area contributed by atoms with Gasteiger partial charge in [-0.25, -0.2) is 0 Å². The lowest BCUT2D eigenvalue weighted by molar-refractivity contribution is -0.156. The number of carboxylic acid groups (broad SMARTS) is 1. The van der Waals surface area contributed by atoms with E-state index in [9.17, 15) is 9.90 Å². The fraction of sp³-hybridized carbons (Fsp3) is 0.607. The second-order valence-corrected chi connectivity index (χ2v) is 10.7. The number of nitrogens with one attached hydrogen (secondary N) is 1. The summed E-state index contributed by atoms with van der Waals surface area (Å²) >= 11 is 0. The first-order valence-electron chi connectivity index (χ1n) is 12.7. The van der Waals surface area contributed by atoms with E-state index >= 15 is 0 Å². The average Bonchev–Trinajstić information content (AvgIpc) is 2.84. The van der Waals surface area contributed by atoms with Crippen LogP contribution in [0.3, 0.4) is 0 Å². The van der Waals surface area contributed by atoms with Gasteiger partial charge in [-0.05, 0) is 105 Å². The second kappa shape index (κ2) is 8.70. The first-order chi connectivity index (χ1) is 15.5. The van der Waals surface area contributed by atoms with Gasteiger partial charge in [0.2, 0.25) is 0 Å². The van der Waals surface area contributed by atoms with E-state index in [0.29, 0.717) is 6.10 Å². The summed E-state index contributed by atoms with van der Waals surface area (Å²) in [7, 11) is 0. The highest BCUT2D eigenvalue weighted by atomic mass is 16.5. The molecule has 0 atom stereocenters. The molecular formula is C28H37NO3. The molecule has 172 valence electrons. The molecule has 0 unspecified atom stereocenters. The van der Waals surface area contributed by atoms with Crippen LogP contribution < -0.4 is 10.1 Å². The molecule has 0 aromatic heterocycles. The van der Waals surface area contributed by atoms with Crippen LogP contribution in [0.1, 0.15) is 83.1 Å². The number of rotatable bonds is 7. The van der Waals surface area contributed by atoms with Crippen molar-refractivity contribution >= 4 is 16.7 Å². The van der Waals surface area contributed by atoms with E-state index in [1.54, 1.807) is 0 Å². The summed E-state index contributed by atoms with van der Waals surface area (Å²) in [5, 5.41) is 15.9. The topological polar surface area (TPSA) is 58.6 Å². The van der Waals surface area contributed by atoms with Gasteiger partial charge in [-0.15, -0.1) is 0 Å². The monoisotopic (exact) mass is 435 g/mol. The van der Waals surface area contributed by atoms with Crippen molar-refractivity contribution in [1.29, 1.82) is 0 Å². The number of fused-ring (bicyclic) bond motifs is 4. The molecule has 4 heteroatoms. The average molecular weight is 436 g/mol. The third kappa shape index (κ3) is 4.26. The fourth-order valence-corrected chi connectivity index (χ4v) is 6.37. The van der Waals surface area contributed by atoms with E-state index in [4.69, 9.17) is 4.74 Å². The van der Waals surface area contributed by atoms with E-state index in [1.165, 1.54) is 48.4 Å². The lowest BCUT2D eigenvalue weighted by atomic mass is 9.57. The number of ether oxygens (including phenoxy) is 1. The normalized spacial score (nSPS) is 32.2. The maximum Gasteiger partial charge on any atom is 0.309 e. The van der Waals surface area contributed by atoms with Gasteiger partial charge >= 0.3 is 5.97 Å². The van der Waals surface area contributed by atoms with Crippen LogP contribution >= 0.6 is 0 Å². The van der Waals surface area contributed by atoms with Crippen LogP contribution in [0.5, 0.6) is 5.75 Å². The van der Waals surface area contributed by atoms with Gasteiger partial charge in [0.05, 0.1) is 11.5 Å². The number of aliphatic carboxylic acids is 1. The summed E-state index contributed by atoms with van der Waals surface area (Å²) in [6.45, 7) is 3.14. The van der Waals surface area contributed by atoms with Crippen molar-refractivity contribution in [1.82, 2.24) is 5.32 Å². The second-order valence-electron chi connectivity index (χ2n) is 10.7. The highest BCUT2D eigenvalue weighted by molar-refractivity contribution is 5.84. The van der Waals surface area contributed by atoms with E-state index in [1.807, 2.05) is 0 Å². The molecule has 0 amide bonds. The zero-order chi connectivity index (χ0) is 22.2. The molecular weight excluding hydrogens is 398 g/mol. The summed E-state index contributed by atoms with van der Waals surface area (Å²) in [4.78, 5) is 11.7. The Kier molecular flexibility index (Phi) is 5.92. The molecule has 2 aromatic rings. The quantitative estimate of drug-likeness (QED) is 0.524. The Morgan fingerprint density at radius 2 is 1.62 bits per heavy atom. The largest absolute Gasteiger partial charge is 0.490 e. The summed E-state index contributed by atoms with van der Waals surface area (Å²) in [5.74, 6) is 1.30. The van der Waals surface area contributed by atoms with Crippen LogP contribution in [0.2, 0.25) is 0 Å². The van der Waals surface area contributed by atoms with Gasteiger partial charge in [-0.3, -0.25) is 4.79 Å². The molecule has 32 heavy (non-hydrogen) atoms. The highest BCUT2D eigenvalue weighted by Gasteiger charge is 2.52. The van der Waals surface area contributed by atoms with Gasteiger partial charge in [-0.1, -0.05) is 31.5 Å². The minimum absolute atomic E-state index is 0.126. The summed E-state index contributed by atoms with van der Waals surface area (Å²) in [5.41, 5.74) is 0.973. The minimum Gasteiger partial charge on any atom is -0.490 e. The van der Waals surface area contributed by atoms with Gasteiger partial charge in [0.25, 0.3) is 0 Å². The molecule has 4 aliphatic rings. The molecule has 4 aliphatic carbocycles. The van der Waals surface area contributed by atoms with Crippen molar-refractivity contribution in [2.24, 2.45) is 11.3 Å². The lowest BCUT2D eigenvalue weighted by Gasteiger charge is -2.51. The zero-order valence-corrected chi connectivity index (χ0v) is 19.4. The van der Waals surface area contributed by atoms with Gasteiger partial charge < -0.3 is 15.2 Å². The highest BCUT2D eigenvalue weighted by Crippen LogP contribution is 2.52. The SMILES string of the molecule is CCC1CCC(Oc2ccc3cc(CNC45CCC(C(=O)O)(CC4)CC5)ccc3c2)CC1. The molecule has 0 spiro atoms. The van der Waals surface area contributed by atoms with Gasteiger partial charge in [0.1, 0.15) is 5.75 Å². The van der Waals surface area contributed by atoms with Crippen molar-refractivity contribution in [3.05, 3.63) is 42.0 Å². The molecule has 4 fully saturated rings. The van der Waals surface area contributed by atoms with Gasteiger partial charge in [0, 0.05) is 12.1 Å². The zero-order valence-electron chi connectivity index (χ0n) is 19.4. The maximum absolute atomic E-state index is 11.7. The van der Waals surface area contributed by atoms with Crippen LogP contribution in [0.4, 0.5) is 0 Å². The molecule has 4 nitrogen and oxygen atoms in total. The molecule has 2 aromatic carbocycles. The number of carboxylic acids is 1. The summed E-state index contributed by atoms with van der Waals surface area (Å²) in [6, 6.07) is 13.2. The summed E-state index contributed by atoms with van der Waals surface area (Å²) in [6.07, 6.45) is 12.0. The molecule has 0 heterocycles.